The number of nitriles is 1. The van der Waals surface area contributed by atoms with E-state index in [1.807, 2.05) is 56.3 Å². The minimum atomic E-state index is -0.763. The van der Waals surface area contributed by atoms with Crippen LogP contribution in [0, 0.1) is 11.3 Å². The molecule has 30 heavy (non-hydrogen) atoms. The molecule has 1 aliphatic rings. The molecule has 0 amide bonds. The Balaban J connectivity index is 1.54. The molecule has 154 valence electrons. The number of nitrogens with one attached hydrogen (secondary N) is 1. The van der Waals surface area contributed by atoms with Crippen molar-refractivity contribution >= 4 is 10.9 Å². The van der Waals surface area contributed by atoms with Crippen molar-refractivity contribution < 1.29 is 14.2 Å². The first kappa shape index (κ1) is 19.8. The van der Waals surface area contributed by atoms with Gasteiger partial charge in [0.25, 0.3) is 5.56 Å². The van der Waals surface area contributed by atoms with Crippen LogP contribution in [0.15, 0.2) is 47.3 Å². The van der Waals surface area contributed by atoms with Gasteiger partial charge in [0.2, 0.25) is 5.75 Å². The molecule has 0 radical (unpaired) electrons. The van der Waals surface area contributed by atoms with Crippen LogP contribution in [0.25, 0.3) is 10.9 Å². The summed E-state index contributed by atoms with van der Waals surface area (Å²) < 4.78 is 17.2. The molecule has 1 atom stereocenters. The highest BCUT2D eigenvalue weighted by atomic mass is 16.6. The average Bonchev–Trinajstić information content (AvgIpc) is 2.78. The van der Waals surface area contributed by atoms with Gasteiger partial charge in [0.1, 0.15) is 13.2 Å². The largest absolute Gasteiger partial charge is 0.489 e. The molecule has 3 aromatic rings. The first-order valence-electron chi connectivity index (χ1n) is 10.1. The number of nitrogens with zero attached hydrogens (tertiary/aromatic N) is 1. The highest BCUT2D eigenvalue weighted by molar-refractivity contribution is 5.80. The summed E-state index contributed by atoms with van der Waals surface area (Å²) in [5.74, 6) is 1.89. The summed E-state index contributed by atoms with van der Waals surface area (Å²) in [7, 11) is 0. The van der Waals surface area contributed by atoms with Crippen LogP contribution in [0.1, 0.15) is 31.4 Å². The Morgan fingerprint density at radius 1 is 1.20 bits per heavy atom. The van der Waals surface area contributed by atoms with E-state index in [1.165, 1.54) is 0 Å². The van der Waals surface area contributed by atoms with E-state index in [1.54, 1.807) is 0 Å². The number of benzene rings is 2. The first-order valence-corrected chi connectivity index (χ1v) is 10.1. The second kappa shape index (κ2) is 8.11. The molecule has 0 fully saturated rings. The molecular formula is C24H24N2O4. The molecule has 1 N–H and O–H groups in total. The number of para-hydroxylation sites is 1. The number of hydrogen-bond donors (Lipinski definition) is 1. The maximum Gasteiger partial charge on any atom is 0.251 e. The van der Waals surface area contributed by atoms with Crippen molar-refractivity contribution in [3.05, 3.63) is 63.9 Å². The van der Waals surface area contributed by atoms with Crippen molar-refractivity contribution in [2.45, 2.75) is 32.1 Å². The van der Waals surface area contributed by atoms with Crippen molar-refractivity contribution in [1.82, 2.24) is 4.98 Å². The fourth-order valence-electron chi connectivity index (χ4n) is 3.64. The molecule has 0 saturated heterocycles. The zero-order valence-electron chi connectivity index (χ0n) is 17.2. The molecule has 1 aromatic heterocycles. The van der Waals surface area contributed by atoms with E-state index in [2.05, 4.69) is 11.1 Å². The fraction of sp³-hybridized carbons (Fsp3) is 0.333. The Kier molecular flexibility index (Phi) is 5.37. The van der Waals surface area contributed by atoms with Crippen molar-refractivity contribution in [1.29, 1.82) is 5.26 Å². The second-order valence-corrected chi connectivity index (χ2v) is 7.60. The topological polar surface area (TPSA) is 84.3 Å². The lowest BCUT2D eigenvalue weighted by atomic mass is 9.81. The summed E-state index contributed by atoms with van der Waals surface area (Å²) in [6.45, 7) is 5.19. The summed E-state index contributed by atoms with van der Waals surface area (Å²) in [5, 5.41) is 10.9. The molecule has 6 heteroatoms. The Labute approximate surface area is 175 Å². The SMILES string of the molecule is CCc1cc2ccc(C(C)(C#N)CCOc3cccc4c3OCCO4)cc2[nH]c1=O. The number of hydrogen-bond acceptors (Lipinski definition) is 5. The van der Waals surface area contributed by atoms with Crippen molar-refractivity contribution in [2.24, 2.45) is 0 Å². The maximum atomic E-state index is 12.2. The van der Waals surface area contributed by atoms with Crippen LogP contribution in [0.4, 0.5) is 0 Å². The van der Waals surface area contributed by atoms with Gasteiger partial charge in [-0.2, -0.15) is 5.26 Å². The lowest BCUT2D eigenvalue weighted by molar-refractivity contribution is 0.160. The fourth-order valence-corrected chi connectivity index (χ4v) is 3.64. The van der Waals surface area contributed by atoms with Gasteiger partial charge < -0.3 is 19.2 Å². The van der Waals surface area contributed by atoms with Crippen molar-refractivity contribution in [3.8, 4) is 23.3 Å². The summed E-state index contributed by atoms with van der Waals surface area (Å²) in [6, 6.07) is 15.7. The monoisotopic (exact) mass is 404 g/mol. The van der Waals surface area contributed by atoms with E-state index in [4.69, 9.17) is 14.2 Å². The summed E-state index contributed by atoms with van der Waals surface area (Å²) in [5.41, 5.74) is 1.49. The van der Waals surface area contributed by atoms with Crippen LogP contribution in [-0.2, 0) is 11.8 Å². The van der Waals surface area contributed by atoms with Gasteiger partial charge in [0, 0.05) is 17.5 Å². The van der Waals surface area contributed by atoms with Gasteiger partial charge in [-0.05, 0) is 48.6 Å². The lowest BCUT2D eigenvalue weighted by Crippen LogP contribution is -2.23. The van der Waals surface area contributed by atoms with Gasteiger partial charge in [-0.3, -0.25) is 4.79 Å². The zero-order chi connectivity index (χ0) is 21.1. The normalized spacial score (nSPS) is 14.7. The van der Waals surface area contributed by atoms with E-state index in [0.717, 1.165) is 22.0 Å². The molecule has 0 spiro atoms. The number of fused-ring (bicyclic) bond motifs is 2. The highest BCUT2D eigenvalue weighted by Crippen LogP contribution is 2.39. The maximum absolute atomic E-state index is 12.2. The van der Waals surface area contributed by atoms with E-state index < -0.39 is 5.41 Å². The number of ether oxygens (including phenoxy) is 3. The second-order valence-electron chi connectivity index (χ2n) is 7.60. The zero-order valence-corrected chi connectivity index (χ0v) is 17.2. The molecule has 4 rings (SSSR count). The predicted octanol–water partition coefficient (Wildman–Crippen LogP) is 4.11. The third-order valence-corrected chi connectivity index (χ3v) is 5.58. The number of aromatic amines is 1. The number of H-pyrrole nitrogens is 1. The standard InChI is InChI=1S/C24H24N2O4/c1-3-16-13-17-7-8-18(14-19(17)26-23(16)27)24(2,15-25)9-10-28-20-5-4-6-21-22(20)30-12-11-29-21/h4-8,13-14H,3,9-12H2,1-2H3,(H,26,27). The van der Waals surface area contributed by atoms with Crippen molar-refractivity contribution in [3.63, 3.8) is 0 Å². The van der Waals surface area contributed by atoms with Gasteiger partial charge in [-0.1, -0.05) is 25.1 Å². The Morgan fingerprint density at radius 2 is 2.03 bits per heavy atom. The molecule has 2 aromatic carbocycles. The minimum absolute atomic E-state index is 0.0831. The first-order chi connectivity index (χ1) is 14.5. The lowest BCUT2D eigenvalue weighted by Gasteiger charge is -2.24. The molecule has 1 unspecified atom stereocenters. The van der Waals surface area contributed by atoms with Crippen molar-refractivity contribution in [2.75, 3.05) is 19.8 Å². The van der Waals surface area contributed by atoms with E-state index >= 15 is 0 Å². The quantitative estimate of drug-likeness (QED) is 0.668. The third-order valence-electron chi connectivity index (χ3n) is 5.58. The molecule has 0 bridgehead atoms. The van der Waals surface area contributed by atoms with E-state index in [-0.39, 0.29) is 5.56 Å². The van der Waals surface area contributed by atoms with Gasteiger partial charge in [-0.25, -0.2) is 0 Å². The highest BCUT2D eigenvalue weighted by Gasteiger charge is 2.27. The molecule has 6 nitrogen and oxygen atoms in total. The Hall–Kier alpha value is -3.46. The molecular weight excluding hydrogens is 380 g/mol. The van der Waals surface area contributed by atoms with Crippen LogP contribution in [0.3, 0.4) is 0 Å². The molecule has 1 aliphatic heterocycles. The van der Waals surface area contributed by atoms with Crippen LogP contribution in [0.5, 0.6) is 17.2 Å². The average molecular weight is 404 g/mol. The number of aromatic nitrogens is 1. The van der Waals surface area contributed by atoms with Gasteiger partial charge >= 0.3 is 0 Å². The number of pyridine rings is 1. The minimum Gasteiger partial charge on any atom is -0.489 e. The van der Waals surface area contributed by atoms with Crippen LogP contribution < -0.4 is 19.8 Å². The molecule has 0 saturated carbocycles. The predicted molar refractivity (Wildman–Crippen MR) is 114 cm³/mol. The van der Waals surface area contributed by atoms with Crippen LogP contribution >= 0.6 is 0 Å². The summed E-state index contributed by atoms with van der Waals surface area (Å²) in [6.07, 6.45) is 1.16. The number of rotatable bonds is 6. The Bertz CT molecular complexity index is 1180. The van der Waals surface area contributed by atoms with Gasteiger partial charge in [-0.15, -0.1) is 0 Å². The van der Waals surface area contributed by atoms with Gasteiger partial charge in [0.15, 0.2) is 11.5 Å². The summed E-state index contributed by atoms with van der Waals surface area (Å²) >= 11 is 0. The van der Waals surface area contributed by atoms with Gasteiger partial charge in [0.05, 0.1) is 18.1 Å². The summed E-state index contributed by atoms with van der Waals surface area (Å²) in [4.78, 5) is 15.1. The van der Waals surface area contributed by atoms with E-state index in [0.29, 0.717) is 49.9 Å². The molecule has 2 heterocycles. The number of aryl methyl sites for hydroxylation is 1. The van der Waals surface area contributed by atoms with Crippen LogP contribution in [-0.4, -0.2) is 24.8 Å². The van der Waals surface area contributed by atoms with E-state index in [9.17, 15) is 10.1 Å². The Morgan fingerprint density at radius 3 is 2.83 bits per heavy atom. The van der Waals surface area contributed by atoms with Crippen LogP contribution in [0.2, 0.25) is 0 Å². The molecule has 0 aliphatic carbocycles. The smallest absolute Gasteiger partial charge is 0.251 e. The third kappa shape index (κ3) is 3.71.